The SMILES string of the molecule is COC(=O)C1CC1CC(C)c1cc(C)c(C)cc1F. The fourth-order valence-corrected chi connectivity index (χ4v) is 2.71. The van der Waals surface area contributed by atoms with Gasteiger partial charge in [0.25, 0.3) is 0 Å². The molecule has 1 aliphatic rings. The second-order valence-electron chi connectivity index (χ2n) is 5.72. The molecule has 0 bridgehead atoms. The quantitative estimate of drug-likeness (QED) is 0.774. The molecule has 0 heterocycles. The van der Waals surface area contributed by atoms with Gasteiger partial charge in [-0.1, -0.05) is 13.0 Å². The van der Waals surface area contributed by atoms with E-state index < -0.39 is 0 Å². The standard InChI is InChI=1S/C16H21FO2/c1-9-6-13(15(17)7-10(9)2)11(3)5-12-8-14(12)16(18)19-4/h6-7,11-12,14H,5,8H2,1-4H3. The topological polar surface area (TPSA) is 26.3 Å². The van der Waals surface area contributed by atoms with E-state index in [2.05, 4.69) is 0 Å². The summed E-state index contributed by atoms with van der Waals surface area (Å²) in [7, 11) is 1.42. The van der Waals surface area contributed by atoms with Gasteiger partial charge in [0.15, 0.2) is 0 Å². The van der Waals surface area contributed by atoms with E-state index in [0.717, 1.165) is 29.5 Å². The summed E-state index contributed by atoms with van der Waals surface area (Å²) in [6.45, 7) is 5.94. The first-order chi connectivity index (χ1) is 8.93. The molecule has 0 amide bonds. The fraction of sp³-hybridized carbons (Fsp3) is 0.562. The largest absolute Gasteiger partial charge is 0.469 e. The van der Waals surface area contributed by atoms with Gasteiger partial charge in [-0.15, -0.1) is 0 Å². The van der Waals surface area contributed by atoms with Crippen molar-refractivity contribution in [1.29, 1.82) is 0 Å². The maximum atomic E-state index is 14.0. The van der Waals surface area contributed by atoms with Crippen LogP contribution in [0.2, 0.25) is 0 Å². The van der Waals surface area contributed by atoms with Crippen molar-refractivity contribution in [3.63, 3.8) is 0 Å². The van der Waals surface area contributed by atoms with Gasteiger partial charge in [0.1, 0.15) is 5.82 Å². The molecule has 1 aromatic rings. The normalized spacial score (nSPS) is 23.0. The molecule has 3 heteroatoms. The van der Waals surface area contributed by atoms with Gasteiger partial charge in [-0.25, -0.2) is 4.39 Å². The third kappa shape index (κ3) is 2.96. The number of ether oxygens (including phenoxy) is 1. The van der Waals surface area contributed by atoms with Crippen LogP contribution < -0.4 is 0 Å². The summed E-state index contributed by atoms with van der Waals surface area (Å²) in [6.07, 6.45) is 1.72. The Morgan fingerprint density at radius 3 is 2.68 bits per heavy atom. The number of esters is 1. The van der Waals surface area contributed by atoms with Crippen molar-refractivity contribution in [2.45, 2.75) is 39.5 Å². The first-order valence-corrected chi connectivity index (χ1v) is 6.78. The molecule has 2 rings (SSSR count). The molecule has 1 aromatic carbocycles. The Morgan fingerprint density at radius 2 is 2.05 bits per heavy atom. The van der Waals surface area contributed by atoms with Crippen LogP contribution in [0.25, 0.3) is 0 Å². The average Bonchev–Trinajstić information content (AvgIpc) is 3.11. The van der Waals surface area contributed by atoms with Crippen LogP contribution in [0.4, 0.5) is 4.39 Å². The molecule has 1 aliphatic carbocycles. The zero-order valence-electron chi connectivity index (χ0n) is 12.0. The highest BCUT2D eigenvalue weighted by Gasteiger charge is 2.44. The molecule has 0 aromatic heterocycles. The number of hydrogen-bond acceptors (Lipinski definition) is 2. The lowest BCUT2D eigenvalue weighted by molar-refractivity contribution is -0.142. The van der Waals surface area contributed by atoms with Crippen molar-refractivity contribution in [3.05, 3.63) is 34.6 Å². The van der Waals surface area contributed by atoms with Crippen molar-refractivity contribution in [2.75, 3.05) is 7.11 Å². The summed E-state index contributed by atoms with van der Waals surface area (Å²) in [5.41, 5.74) is 2.86. The van der Waals surface area contributed by atoms with E-state index in [9.17, 15) is 9.18 Å². The molecule has 0 aliphatic heterocycles. The monoisotopic (exact) mass is 264 g/mol. The smallest absolute Gasteiger partial charge is 0.308 e. The highest BCUT2D eigenvalue weighted by atomic mass is 19.1. The van der Waals surface area contributed by atoms with Gasteiger partial charge in [-0.3, -0.25) is 4.79 Å². The summed E-state index contributed by atoms with van der Waals surface area (Å²) in [5, 5.41) is 0. The van der Waals surface area contributed by atoms with Crippen LogP contribution in [0.5, 0.6) is 0 Å². The second-order valence-corrected chi connectivity index (χ2v) is 5.72. The highest BCUT2D eigenvalue weighted by Crippen LogP contribution is 2.46. The maximum absolute atomic E-state index is 14.0. The Bertz CT molecular complexity index is 496. The van der Waals surface area contributed by atoms with Gasteiger partial charge >= 0.3 is 5.97 Å². The molecule has 3 atom stereocenters. The predicted octanol–water partition coefficient (Wildman–Crippen LogP) is 3.75. The number of halogens is 1. The van der Waals surface area contributed by atoms with Crippen molar-refractivity contribution >= 4 is 5.97 Å². The predicted molar refractivity (Wildman–Crippen MR) is 72.5 cm³/mol. The summed E-state index contributed by atoms with van der Waals surface area (Å²) in [5.74, 6) is 0.257. The van der Waals surface area contributed by atoms with E-state index in [1.165, 1.54) is 7.11 Å². The van der Waals surface area contributed by atoms with Crippen molar-refractivity contribution in [2.24, 2.45) is 11.8 Å². The number of rotatable bonds is 4. The average molecular weight is 264 g/mol. The van der Waals surface area contributed by atoms with E-state index in [0.29, 0.717) is 5.92 Å². The Hall–Kier alpha value is -1.38. The number of carbonyl (C=O) groups is 1. The molecular weight excluding hydrogens is 243 g/mol. The van der Waals surface area contributed by atoms with Crippen molar-refractivity contribution in [1.82, 2.24) is 0 Å². The third-order valence-electron chi connectivity index (χ3n) is 4.23. The van der Waals surface area contributed by atoms with Crippen LogP contribution in [0.3, 0.4) is 0 Å². The van der Waals surface area contributed by atoms with Crippen LogP contribution in [-0.2, 0) is 9.53 Å². The zero-order chi connectivity index (χ0) is 14.2. The van der Waals surface area contributed by atoms with Gasteiger partial charge in [-0.05, 0) is 61.3 Å². The Labute approximate surface area is 114 Å². The van der Waals surface area contributed by atoms with Crippen molar-refractivity contribution < 1.29 is 13.9 Å². The molecule has 19 heavy (non-hydrogen) atoms. The molecule has 1 saturated carbocycles. The first kappa shape index (κ1) is 14.0. The van der Waals surface area contributed by atoms with Crippen LogP contribution in [0.15, 0.2) is 12.1 Å². The third-order valence-corrected chi connectivity index (χ3v) is 4.23. The molecule has 0 spiro atoms. The first-order valence-electron chi connectivity index (χ1n) is 6.78. The maximum Gasteiger partial charge on any atom is 0.308 e. The van der Waals surface area contributed by atoms with Crippen LogP contribution in [0.1, 0.15) is 42.4 Å². The summed E-state index contributed by atoms with van der Waals surface area (Å²) in [4.78, 5) is 11.4. The second kappa shape index (κ2) is 5.32. The van der Waals surface area contributed by atoms with Crippen LogP contribution >= 0.6 is 0 Å². The van der Waals surface area contributed by atoms with Gasteiger partial charge in [0, 0.05) is 0 Å². The molecule has 2 nitrogen and oxygen atoms in total. The molecule has 104 valence electrons. The van der Waals surface area contributed by atoms with E-state index >= 15 is 0 Å². The zero-order valence-corrected chi connectivity index (χ0v) is 12.0. The minimum absolute atomic E-state index is 0.0297. The number of hydrogen-bond donors (Lipinski definition) is 0. The highest BCUT2D eigenvalue weighted by molar-refractivity contribution is 5.75. The van der Waals surface area contributed by atoms with Gasteiger partial charge < -0.3 is 4.74 Å². The van der Waals surface area contributed by atoms with E-state index in [4.69, 9.17) is 4.74 Å². The molecule has 1 fully saturated rings. The van der Waals surface area contributed by atoms with E-state index in [-0.39, 0.29) is 23.6 Å². The summed E-state index contributed by atoms with van der Waals surface area (Å²) < 4.78 is 18.7. The number of carbonyl (C=O) groups excluding carboxylic acids is 1. The number of benzene rings is 1. The van der Waals surface area contributed by atoms with Gasteiger partial charge in [0.2, 0.25) is 0 Å². The number of methoxy groups -OCH3 is 1. The Balaban J connectivity index is 2.03. The molecule has 0 radical (unpaired) electrons. The van der Waals surface area contributed by atoms with Gasteiger partial charge in [-0.2, -0.15) is 0 Å². The Morgan fingerprint density at radius 1 is 1.42 bits per heavy atom. The lowest BCUT2D eigenvalue weighted by Crippen LogP contribution is -2.06. The minimum Gasteiger partial charge on any atom is -0.469 e. The summed E-state index contributed by atoms with van der Waals surface area (Å²) in [6, 6.07) is 3.54. The molecule has 0 N–H and O–H groups in total. The van der Waals surface area contributed by atoms with Crippen molar-refractivity contribution in [3.8, 4) is 0 Å². The lowest BCUT2D eigenvalue weighted by Gasteiger charge is -2.14. The molecular formula is C16H21FO2. The minimum atomic E-state index is -0.133. The molecule has 0 saturated heterocycles. The van der Waals surface area contributed by atoms with E-state index in [1.807, 2.05) is 26.8 Å². The fourth-order valence-electron chi connectivity index (χ4n) is 2.71. The Kier molecular flexibility index (Phi) is 3.93. The van der Waals surface area contributed by atoms with Crippen LogP contribution in [0, 0.1) is 31.5 Å². The van der Waals surface area contributed by atoms with Gasteiger partial charge in [0.05, 0.1) is 13.0 Å². The van der Waals surface area contributed by atoms with Crippen LogP contribution in [-0.4, -0.2) is 13.1 Å². The van der Waals surface area contributed by atoms with E-state index in [1.54, 1.807) is 6.07 Å². The lowest BCUT2D eigenvalue weighted by atomic mass is 9.92. The molecule has 3 unspecified atom stereocenters. The summed E-state index contributed by atoms with van der Waals surface area (Å²) >= 11 is 0. The number of aryl methyl sites for hydroxylation is 2.